The zero-order valence-electron chi connectivity index (χ0n) is 15.6. The van der Waals surface area contributed by atoms with E-state index >= 15 is 0 Å². The number of hydrogen-bond donors (Lipinski definition) is 0. The first-order chi connectivity index (χ1) is 14.2. The molecule has 4 heterocycles. The van der Waals surface area contributed by atoms with Crippen molar-refractivity contribution in [3.63, 3.8) is 0 Å². The molecule has 29 heavy (non-hydrogen) atoms. The molecule has 6 nitrogen and oxygen atoms in total. The van der Waals surface area contributed by atoms with E-state index in [0.717, 1.165) is 32.8 Å². The molecule has 0 aliphatic carbocycles. The number of rotatable bonds is 4. The maximum Gasteiger partial charge on any atom is 0.272 e. The van der Waals surface area contributed by atoms with E-state index in [1.807, 2.05) is 51.4 Å². The third kappa shape index (κ3) is 3.07. The van der Waals surface area contributed by atoms with Crippen LogP contribution >= 0.6 is 22.9 Å². The number of ether oxygens (including phenoxy) is 1. The summed E-state index contributed by atoms with van der Waals surface area (Å²) in [7, 11) is 1.64. The number of hydrogen-bond acceptors (Lipinski definition) is 5. The Bertz CT molecular complexity index is 1220. The number of nitrogens with zero attached hydrogens (tertiary/aromatic N) is 4. The second kappa shape index (κ2) is 7.17. The van der Waals surface area contributed by atoms with Gasteiger partial charge in [-0.1, -0.05) is 23.7 Å². The molecule has 4 aromatic rings. The van der Waals surface area contributed by atoms with Crippen LogP contribution in [-0.4, -0.2) is 39.0 Å². The summed E-state index contributed by atoms with van der Waals surface area (Å²) in [5.41, 5.74) is 3.10. The zero-order valence-corrected chi connectivity index (χ0v) is 17.2. The second-order valence-electron chi connectivity index (χ2n) is 6.84. The van der Waals surface area contributed by atoms with Crippen molar-refractivity contribution in [3.8, 4) is 17.0 Å². The van der Waals surface area contributed by atoms with Crippen LogP contribution in [0.2, 0.25) is 5.02 Å². The van der Waals surface area contributed by atoms with Crippen molar-refractivity contribution in [1.29, 1.82) is 0 Å². The SMILES string of the molecule is COc1ccc(CN2CCn3cc(-c4ncnc5sccc45)c(Cl)c3C2=O)cc1. The molecular formula is C21H17ClN4O2S. The fourth-order valence-electron chi connectivity index (χ4n) is 3.68. The number of thiophene rings is 1. The smallest absolute Gasteiger partial charge is 0.272 e. The minimum Gasteiger partial charge on any atom is -0.497 e. The van der Waals surface area contributed by atoms with Crippen molar-refractivity contribution in [3.05, 3.63) is 64.5 Å². The van der Waals surface area contributed by atoms with Crippen molar-refractivity contribution >= 4 is 39.1 Å². The Balaban J connectivity index is 1.48. The highest BCUT2D eigenvalue weighted by atomic mass is 35.5. The van der Waals surface area contributed by atoms with Crippen LogP contribution in [0.3, 0.4) is 0 Å². The Labute approximate surface area is 176 Å². The number of amides is 1. The largest absolute Gasteiger partial charge is 0.497 e. The summed E-state index contributed by atoms with van der Waals surface area (Å²) < 4.78 is 7.14. The first kappa shape index (κ1) is 18.1. The van der Waals surface area contributed by atoms with Crippen molar-refractivity contribution < 1.29 is 9.53 Å². The van der Waals surface area contributed by atoms with Gasteiger partial charge in [-0.3, -0.25) is 4.79 Å². The molecule has 146 valence electrons. The van der Waals surface area contributed by atoms with Crippen molar-refractivity contribution in [2.45, 2.75) is 13.1 Å². The van der Waals surface area contributed by atoms with Gasteiger partial charge in [0.15, 0.2) is 0 Å². The Morgan fingerprint density at radius 3 is 2.79 bits per heavy atom. The van der Waals surface area contributed by atoms with Gasteiger partial charge in [0.25, 0.3) is 5.91 Å². The molecule has 0 saturated carbocycles. The number of benzene rings is 1. The number of methoxy groups -OCH3 is 1. The molecule has 5 rings (SSSR count). The molecule has 0 unspecified atom stereocenters. The molecule has 1 aliphatic rings. The van der Waals surface area contributed by atoms with E-state index in [1.165, 1.54) is 0 Å². The fourth-order valence-corrected chi connectivity index (χ4v) is 4.74. The number of fused-ring (bicyclic) bond motifs is 2. The summed E-state index contributed by atoms with van der Waals surface area (Å²) in [4.78, 5) is 24.7. The molecule has 0 bridgehead atoms. The van der Waals surface area contributed by atoms with Crippen LogP contribution in [0, 0.1) is 0 Å². The molecule has 0 radical (unpaired) electrons. The average Bonchev–Trinajstić information content (AvgIpc) is 3.35. The van der Waals surface area contributed by atoms with E-state index < -0.39 is 0 Å². The monoisotopic (exact) mass is 424 g/mol. The summed E-state index contributed by atoms with van der Waals surface area (Å²) in [5.74, 6) is 0.726. The minimum absolute atomic E-state index is 0.0704. The topological polar surface area (TPSA) is 60.2 Å². The molecule has 0 N–H and O–H groups in total. The lowest BCUT2D eigenvalue weighted by Gasteiger charge is -2.28. The van der Waals surface area contributed by atoms with Crippen LogP contribution in [0.15, 0.2) is 48.2 Å². The Kier molecular flexibility index (Phi) is 4.49. The van der Waals surface area contributed by atoms with E-state index in [4.69, 9.17) is 16.3 Å². The molecule has 0 atom stereocenters. The molecule has 3 aromatic heterocycles. The maximum absolute atomic E-state index is 13.2. The molecule has 0 fully saturated rings. The van der Waals surface area contributed by atoms with Gasteiger partial charge in [-0.25, -0.2) is 9.97 Å². The zero-order chi connectivity index (χ0) is 20.0. The van der Waals surface area contributed by atoms with Crippen LogP contribution < -0.4 is 4.74 Å². The van der Waals surface area contributed by atoms with Gasteiger partial charge < -0.3 is 14.2 Å². The predicted molar refractivity (Wildman–Crippen MR) is 114 cm³/mol. The first-order valence-electron chi connectivity index (χ1n) is 9.15. The minimum atomic E-state index is -0.0704. The Morgan fingerprint density at radius 1 is 1.17 bits per heavy atom. The van der Waals surface area contributed by atoms with Gasteiger partial charge >= 0.3 is 0 Å². The van der Waals surface area contributed by atoms with Gasteiger partial charge in [0, 0.05) is 36.8 Å². The van der Waals surface area contributed by atoms with Crippen molar-refractivity contribution in [1.82, 2.24) is 19.4 Å². The molecule has 1 aromatic carbocycles. The van der Waals surface area contributed by atoms with Gasteiger partial charge in [-0.15, -0.1) is 11.3 Å². The first-order valence-corrected chi connectivity index (χ1v) is 10.4. The predicted octanol–water partition coefficient (Wildman–Crippen LogP) is 4.48. The lowest BCUT2D eigenvalue weighted by molar-refractivity contribution is 0.0691. The maximum atomic E-state index is 13.2. The molecule has 1 amide bonds. The number of carbonyl (C=O) groups is 1. The summed E-state index contributed by atoms with van der Waals surface area (Å²) in [6, 6.07) is 9.74. The van der Waals surface area contributed by atoms with Gasteiger partial charge in [0.05, 0.1) is 17.8 Å². The van der Waals surface area contributed by atoms with Gasteiger partial charge in [0.1, 0.15) is 22.6 Å². The van der Waals surface area contributed by atoms with Gasteiger partial charge in [-0.2, -0.15) is 0 Å². The van der Waals surface area contributed by atoms with E-state index in [2.05, 4.69) is 9.97 Å². The standard InChI is InChI=1S/C21H17ClN4O2S/c1-28-14-4-2-13(3-5-14)10-26-8-7-25-11-16(17(22)19(25)21(26)27)18-15-6-9-29-20(15)24-12-23-18/h2-6,9,11-12H,7-8,10H2,1H3. The average molecular weight is 425 g/mol. The van der Waals surface area contributed by atoms with Crippen LogP contribution in [0.4, 0.5) is 0 Å². The van der Waals surface area contributed by atoms with Crippen molar-refractivity contribution in [2.24, 2.45) is 0 Å². The summed E-state index contributed by atoms with van der Waals surface area (Å²) in [5, 5.41) is 3.37. The van der Waals surface area contributed by atoms with Crippen LogP contribution in [0.5, 0.6) is 5.75 Å². The van der Waals surface area contributed by atoms with Crippen LogP contribution in [0.25, 0.3) is 21.5 Å². The van der Waals surface area contributed by atoms with E-state index in [1.54, 1.807) is 24.8 Å². The summed E-state index contributed by atoms with van der Waals surface area (Å²) in [6.45, 7) is 1.84. The lowest BCUT2D eigenvalue weighted by atomic mass is 10.1. The Morgan fingerprint density at radius 2 is 2.00 bits per heavy atom. The summed E-state index contributed by atoms with van der Waals surface area (Å²) >= 11 is 8.26. The fraction of sp³-hybridized carbons (Fsp3) is 0.190. The molecule has 1 aliphatic heterocycles. The molecule has 0 spiro atoms. The highest BCUT2D eigenvalue weighted by molar-refractivity contribution is 7.16. The quantitative estimate of drug-likeness (QED) is 0.484. The third-order valence-corrected chi connectivity index (χ3v) is 6.37. The van der Waals surface area contributed by atoms with E-state index in [0.29, 0.717) is 30.4 Å². The van der Waals surface area contributed by atoms with Gasteiger partial charge in [-0.05, 0) is 29.1 Å². The van der Waals surface area contributed by atoms with Gasteiger partial charge in [0.2, 0.25) is 0 Å². The third-order valence-electron chi connectivity index (χ3n) is 5.17. The number of halogens is 1. The number of carbonyl (C=O) groups excluding carboxylic acids is 1. The number of aromatic nitrogens is 3. The Hall–Kier alpha value is -2.90. The highest BCUT2D eigenvalue weighted by Gasteiger charge is 2.30. The molecule has 8 heteroatoms. The molecule has 0 saturated heterocycles. The van der Waals surface area contributed by atoms with E-state index in [-0.39, 0.29) is 5.91 Å². The van der Waals surface area contributed by atoms with Crippen LogP contribution in [0.1, 0.15) is 16.1 Å². The van der Waals surface area contributed by atoms with Crippen molar-refractivity contribution in [2.75, 3.05) is 13.7 Å². The lowest BCUT2D eigenvalue weighted by Crippen LogP contribution is -2.39. The molecular weight excluding hydrogens is 408 g/mol. The highest BCUT2D eigenvalue weighted by Crippen LogP contribution is 2.37. The normalized spacial score (nSPS) is 13.7. The second-order valence-corrected chi connectivity index (χ2v) is 8.11. The van der Waals surface area contributed by atoms with E-state index in [9.17, 15) is 4.79 Å². The van der Waals surface area contributed by atoms with Crippen LogP contribution in [-0.2, 0) is 13.1 Å². The summed E-state index contributed by atoms with van der Waals surface area (Å²) in [6.07, 6.45) is 3.47.